The molecule has 2 aliphatic rings. The lowest BCUT2D eigenvalue weighted by atomic mass is 9.75. The summed E-state index contributed by atoms with van der Waals surface area (Å²) in [6.45, 7) is 1.20. The zero-order valence-corrected chi connectivity index (χ0v) is 10.9. The number of hydrogen-bond acceptors (Lipinski definition) is 3. The van der Waals surface area contributed by atoms with Crippen LogP contribution in [0.1, 0.15) is 32.1 Å². The molecule has 0 spiro atoms. The van der Waals surface area contributed by atoms with Crippen LogP contribution in [0.5, 0.6) is 0 Å². The molecule has 0 aromatic rings. The van der Waals surface area contributed by atoms with Crippen LogP contribution in [-0.2, 0) is 0 Å². The molecule has 1 saturated carbocycles. The molecule has 0 radical (unpaired) electrons. The van der Waals surface area contributed by atoms with Crippen LogP contribution >= 0.6 is 11.8 Å². The summed E-state index contributed by atoms with van der Waals surface area (Å²) in [6.07, 6.45) is 6.92. The highest BCUT2D eigenvalue weighted by Gasteiger charge is 2.39. The van der Waals surface area contributed by atoms with Crippen LogP contribution in [0.25, 0.3) is 0 Å². The molecule has 3 heteroatoms. The average Bonchev–Trinajstić information content (AvgIpc) is 2.17. The Hall–Kier alpha value is 0.270. The molecule has 1 heterocycles. The van der Waals surface area contributed by atoms with Gasteiger partial charge in [-0.3, -0.25) is 0 Å². The Labute approximate surface area is 98.2 Å². The summed E-state index contributed by atoms with van der Waals surface area (Å²) in [7, 11) is 4.47. The maximum absolute atomic E-state index is 3.79. The fourth-order valence-corrected chi connectivity index (χ4v) is 3.71. The van der Waals surface area contributed by atoms with Gasteiger partial charge in [0.2, 0.25) is 0 Å². The Kier molecular flexibility index (Phi) is 3.97. The summed E-state index contributed by atoms with van der Waals surface area (Å²) in [5.74, 6) is 2.71. The standard InChI is InChI=1S/C12H24N2S/c1-14(2)12(6-3-7-12)10-13-11-4-8-15-9-5-11/h11,13H,3-10H2,1-2H3. The highest BCUT2D eigenvalue weighted by atomic mass is 32.2. The zero-order chi connectivity index (χ0) is 10.7. The van der Waals surface area contributed by atoms with E-state index in [1.807, 2.05) is 0 Å². The van der Waals surface area contributed by atoms with Gasteiger partial charge in [-0.25, -0.2) is 0 Å². The molecule has 0 amide bonds. The molecule has 1 aliphatic carbocycles. The summed E-state index contributed by atoms with van der Waals surface area (Å²) in [6, 6.07) is 0.795. The van der Waals surface area contributed by atoms with Crippen molar-refractivity contribution in [3.8, 4) is 0 Å². The molecule has 2 nitrogen and oxygen atoms in total. The highest BCUT2D eigenvalue weighted by molar-refractivity contribution is 7.99. The van der Waals surface area contributed by atoms with Crippen LogP contribution in [-0.4, -0.2) is 48.6 Å². The molecule has 0 aromatic heterocycles. The van der Waals surface area contributed by atoms with Gasteiger partial charge in [-0.1, -0.05) is 0 Å². The molecular weight excluding hydrogens is 204 g/mol. The Morgan fingerprint density at radius 2 is 1.93 bits per heavy atom. The van der Waals surface area contributed by atoms with Crippen molar-refractivity contribution in [2.75, 3.05) is 32.1 Å². The van der Waals surface area contributed by atoms with E-state index in [1.165, 1.54) is 50.2 Å². The molecule has 0 atom stereocenters. The van der Waals surface area contributed by atoms with E-state index in [1.54, 1.807) is 0 Å². The number of nitrogens with one attached hydrogen (secondary N) is 1. The third-order valence-corrected chi connectivity index (χ3v) is 5.22. The second-order valence-corrected chi connectivity index (χ2v) is 6.46. The Balaban J connectivity index is 1.75. The molecule has 2 fully saturated rings. The van der Waals surface area contributed by atoms with Crippen LogP contribution in [0.2, 0.25) is 0 Å². The summed E-state index contributed by atoms with van der Waals surface area (Å²) in [5, 5.41) is 3.79. The van der Waals surface area contributed by atoms with E-state index in [2.05, 4.69) is 36.1 Å². The second kappa shape index (κ2) is 5.07. The number of nitrogens with zero attached hydrogens (tertiary/aromatic N) is 1. The van der Waals surface area contributed by atoms with Crippen molar-refractivity contribution in [3.05, 3.63) is 0 Å². The van der Waals surface area contributed by atoms with Crippen molar-refractivity contribution in [3.63, 3.8) is 0 Å². The first-order valence-electron chi connectivity index (χ1n) is 6.21. The largest absolute Gasteiger partial charge is 0.312 e. The molecule has 1 N–H and O–H groups in total. The van der Waals surface area contributed by atoms with E-state index in [4.69, 9.17) is 0 Å². The van der Waals surface area contributed by atoms with Gasteiger partial charge in [-0.05, 0) is 57.7 Å². The SMILES string of the molecule is CN(C)C1(CNC2CCSCC2)CCC1. The number of hydrogen-bond donors (Lipinski definition) is 1. The first-order valence-corrected chi connectivity index (χ1v) is 7.37. The lowest BCUT2D eigenvalue weighted by Crippen LogP contribution is -2.58. The predicted molar refractivity (Wildman–Crippen MR) is 68.6 cm³/mol. The van der Waals surface area contributed by atoms with Crippen molar-refractivity contribution in [2.24, 2.45) is 0 Å². The van der Waals surface area contributed by atoms with Gasteiger partial charge in [0.05, 0.1) is 0 Å². The third kappa shape index (κ3) is 2.69. The second-order valence-electron chi connectivity index (χ2n) is 5.24. The minimum absolute atomic E-state index is 0.491. The summed E-state index contributed by atoms with van der Waals surface area (Å²) in [4.78, 5) is 2.43. The van der Waals surface area contributed by atoms with Gasteiger partial charge in [0.15, 0.2) is 0 Å². The van der Waals surface area contributed by atoms with Crippen molar-refractivity contribution in [2.45, 2.75) is 43.7 Å². The minimum atomic E-state index is 0.491. The van der Waals surface area contributed by atoms with Gasteiger partial charge in [0.25, 0.3) is 0 Å². The lowest BCUT2D eigenvalue weighted by molar-refractivity contribution is 0.0568. The van der Waals surface area contributed by atoms with E-state index in [-0.39, 0.29) is 0 Å². The van der Waals surface area contributed by atoms with Crippen molar-refractivity contribution < 1.29 is 0 Å². The summed E-state index contributed by atoms with van der Waals surface area (Å²) < 4.78 is 0. The normalized spacial score (nSPS) is 26.6. The Bertz CT molecular complexity index is 196. The predicted octanol–water partition coefficient (Wildman–Crippen LogP) is 1.96. The number of likely N-dealkylation sites (N-methyl/N-ethyl adjacent to an activating group) is 1. The van der Waals surface area contributed by atoms with Crippen LogP contribution in [0.15, 0.2) is 0 Å². The van der Waals surface area contributed by atoms with E-state index in [0.717, 1.165) is 6.04 Å². The summed E-state index contributed by atoms with van der Waals surface area (Å²) >= 11 is 2.11. The molecule has 0 aromatic carbocycles. The van der Waals surface area contributed by atoms with Crippen LogP contribution in [0, 0.1) is 0 Å². The quantitative estimate of drug-likeness (QED) is 0.792. The molecule has 1 saturated heterocycles. The van der Waals surface area contributed by atoms with E-state index >= 15 is 0 Å². The van der Waals surface area contributed by atoms with Crippen LogP contribution in [0.4, 0.5) is 0 Å². The number of thioether (sulfide) groups is 1. The van der Waals surface area contributed by atoms with Crippen molar-refractivity contribution >= 4 is 11.8 Å². The smallest absolute Gasteiger partial charge is 0.0328 e. The van der Waals surface area contributed by atoms with E-state index < -0.39 is 0 Å². The Morgan fingerprint density at radius 3 is 2.40 bits per heavy atom. The van der Waals surface area contributed by atoms with Gasteiger partial charge < -0.3 is 10.2 Å². The first kappa shape index (κ1) is 11.7. The van der Waals surface area contributed by atoms with Gasteiger partial charge >= 0.3 is 0 Å². The van der Waals surface area contributed by atoms with Crippen LogP contribution < -0.4 is 5.32 Å². The van der Waals surface area contributed by atoms with Gasteiger partial charge in [-0.15, -0.1) is 0 Å². The fraction of sp³-hybridized carbons (Fsp3) is 1.00. The van der Waals surface area contributed by atoms with Crippen molar-refractivity contribution in [1.29, 1.82) is 0 Å². The maximum atomic E-state index is 3.79. The fourth-order valence-electron chi connectivity index (χ4n) is 2.60. The van der Waals surface area contributed by atoms with Crippen LogP contribution in [0.3, 0.4) is 0 Å². The monoisotopic (exact) mass is 228 g/mol. The molecular formula is C12H24N2S. The Morgan fingerprint density at radius 1 is 1.27 bits per heavy atom. The maximum Gasteiger partial charge on any atom is 0.0328 e. The average molecular weight is 228 g/mol. The first-order chi connectivity index (χ1) is 7.23. The molecule has 0 bridgehead atoms. The van der Waals surface area contributed by atoms with Gasteiger partial charge in [0, 0.05) is 18.1 Å². The van der Waals surface area contributed by atoms with E-state index in [9.17, 15) is 0 Å². The molecule has 88 valence electrons. The highest BCUT2D eigenvalue weighted by Crippen LogP contribution is 2.35. The molecule has 2 rings (SSSR count). The summed E-state index contributed by atoms with van der Waals surface area (Å²) in [5.41, 5.74) is 0.491. The van der Waals surface area contributed by atoms with E-state index in [0.29, 0.717) is 5.54 Å². The van der Waals surface area contributed by atoms with Crippen molar-refractivity contribution in [1.82, 2.24) is 10.2 Å². The molecule has 15 heavy (non-hydrogen) atoms. The molecule has 0 unspecified atom stereocenters. The van der Waals surface area contributed by atoms with Gasteiger partial charge in [-0.2, -0.15) is 11.8 Å². The molecule has 1 aliphatic heterocycles. The zero-order valence-electron chi connectivity index (χ0n) is 10.1. The minimum Gasteiger partial charge on any atom is -0.312 e. The number of rotatable bonds is 4. The van der Waals surface area contributed by atoms with Gasteiger partial charge in [0.1, 0.15) is 0 Å². The topological polar surface area (TPSA) is 15.3 Å². The lowest BCUT2D eigenvalue weighted by Gasteiger charge is -2.48. The third-order valence-electron chi connectivity index (χ3n) is 4.17.